The van der Waals surface area contributed by atoms with Crippen molar-refractivity contribution in [3.8, 4) is 6.07 Å². The van der Waals surface area contributed by atoms with E-state index in [2.05, 4.69) is 46.6 Å². The Labute approximate surface area is 169 Å². The number of carbonyl (C=O) groups excluding carboxylic acids is 1. The molecule has 6 nitrogen and oxygen atoms in total. The van der Waals surface area contributed by atoms with Gasteiger partial charge >= 0.3 is 0 Å². The van der Waals surface area contributed by atoms with E-state index in [0.29, 0.717) is 5.13 Å². The number of aryl methyl sites for hydroxylation is 1. The highest BCUT2D eigenvalue weighted by atomic mass is 32.1. The van der Waals surface area contributed by atoms with Gasteiger partial charge in [-0.3, -0.25) is 4.79 Å². The van der Waals surface area contributed by atoms with Crippen LogP contribution in [0, 0.1) is 11.3 Å². The minimum Gasteiger partial charge on any atom is -0.345 e. The van der Waals surface area contributed by atoms with Crippen molar-refractivity contribution in [2.45, 2.75) is 39.3 Å². The first kappa shape index (κ1) is 20.1. The molecule has 2 heterocycles. The SMILES string of the molecule is CCc1ccc(C(C)NC(=O)/C(C#N)=C\Nc2nc3c(s2)CN(C)CC3)cc1. The highest BCUT2D eigenvalue weighted by molar-refractivity contribution is 7.15. The Balaban J connectivity index is 1.63. The summed E-state index contributed by atoms with van der Waals surface area (Å²) in [5.41, 5.74) is 3.39. The molecule has 0 saturated heterocycles. The molecule has 1 atom stereocenters. The first-order valence-electron chi connectivity index (χ1n) is 9.43. The van der Waals surface area contributed by atoms with Gasteiger partial charge < -0.3 is 15.5 Å². The third-order valence-corrected chi connectivity index (χ3v) is 5.88. The van der Waals surface area contributed by atoms with Crippen molar-refractivity contribution in [3.63, 3.8) is 0 Å². The van der Waals surface area contributed by atoms with Crippen LogP contribution in [0.1, 0.15) is 41.6 Å². The molecule has 1 aromatic heterocycles. The molecule has 1 unspecified atom stereocenters. The van der Waals surface area contributed by atoms with Gasteiger partial charge in [0.2, 0.25) is 0 Å². The lowest BCUT2D eigenvalue weighted by molar-refractivity contribution is -0.117. The van der Waals surface area contributed by atoms with Crippen LogP contribution in [0.25, 0.3) is 0 Å². The normalized spacial score (nSPS) is 15.4. The largest absolute Gasteiger partial charge is 0.345 e. The summed E-state index contributed by atoms with van der Waals surface area (Å²) in [5, 5.41) is 16.0. The number of benzene rings is 1. The molecule has 0 spiro atoms. The summed E-state index contributed by atoms with van der Waals surface area (Å²) in [6.45, 7) is 5.90. The highest BCUT2D eigenvalue weighted by Crippen LogP contribution is 2.27. The smallest absolute Gasteiger partial charge is 0.263 e. The fourth-order valence-corrected chi connectivity index (χ4v) is 4.12. The molecular formula is C21H25N5OS. The van der Waals surface area contributed by atoms with E-state index in [1.165, 1.54) is 16.6 Å². The van der Waals surface area contributed by atoms with E-state index >= 15 is 0 Å². The van der Waals surface area contributed by atoms with Crippen LogP contribution in [0.15, 0.2) is 36.0 Å². The predicted octanol–water partition coefficient (Wildman–Crippen LogP) is 3.39. The topological polar surface area (TPSA) is 81.0 Å². The number of hydrogen-bond acceptors (Lipinski definition) is 6. The molecule has 1 aliphatic rings. The van der Waals surface area contributed by atoms with Crippen molar-refractivity contribution in [2.75, 3.05) is 18.9 Å². The molecule has 1 aromatic carbocycles. The fraction of sp³-hybridized carbons (Fsp3) is 0.381. The second-order valence-electron chi connectivity index (χ2n) is 6.98. The van der Waals surface area contributed by atoms with Gasteiger partial charge in [-0.05, 0) is 31.5 Å². The van der Waals surface area contributed by atoms with E-state index in [1.54, 1.807) is 11.3 Å². The second-order valence-corrected chi connectivity index (χ2v) is 8.06. The number of aromatic nitrogens is 1. The number of nitriles is 1. The lowest BCUT2D eigenvalue weighted by atomic mass is 10.0. The van der Waals surface area contributed by atoms with E-state index in [0.717, 1.165) is 37.2 Å². The standard InChI is InChI=1S/C21H25N5OS/c1-4-15-5-7-16(8-6-15)14(2)24-20(27)17(11-22)12-23-21-25-18-9-10-26(3)13-19(18)28-21/h5-8,12,14H,4,9-10,13H2,1-3H3,(H,23,25)(H,24,27)/b17-12-. The van der Waals surface area contributed by atoms with Gasteiger partial charge in [-0.15, -0.1) is 11.3 Å². The van der Waals surface area contributed by atoms with Crippen LogP contribution >= 0.6 is 11.3 Å². The molecule has 7 heteroatoms. The van der Waals surface area contributed by atoms with Gasteiger partial charge in [0.1, 0.15) is 11.6 Å². The Bertz CT molecular complexity index is 910. The van der Waals surface area contributed by atoms with Crippen molar-refractivity contribution >= 4 is 22.4 Å². The summed E-state index contributed by atoms with van der Waals surface area (Å²) in [4.78, 5) is 20.5. The maximum absolute atomic E-state index is 12.5. The zero-order valence-electron chi connectivity index (χ0n) is 16.5. The average molecular weight is 396 g/mol. The number of thiazole rings is 1. The lowest BCUT2D eigenvalue weighted by Gasteiger charge is -2.20. The Morgan fingerprint density at radius 2 is 2.18 bits per heavy atom. The third-order valence-electron chi connectivity index (χ3n) is 4.86. The fourth-order valence-electron chi connectivity index (χ4n) is 3.07. The first-order chi connectivity index (χ1) is 13.5. The Kier molecular flexibility index (Phi) is 6.45. The number of anilines is 1. The van der Waals surface area contributed by atoms with Crippen LogP contribution in [0.4, 0.5) is 5.13 Å². The van der Waals surface area contributed by atoms with Crippen LogP contribution in [0.5, 0.6) is 0 Å². The molecule has 1 amide bonds. The molecule has 1 aliphatic heterocycles. The number of nitrogens with one attached hydrogen (secondary N) is 2. The summed E-state index contributed by atoms with van der Waals surface area (Å²) < 4.78 is 0. The number of carbonyl (C=O) groups is 1. The van der Waals surface area contributed by atoms with E-state index in [1.807, 2.05) is 25.1 Å². The van der Waals surface area contributed by atoms with Crippen molar-refractivity contribution in [3.05, 3.63) is 57.7 Å². The molecule has 0 fully saturated rings. The van der Waals surface area contributed by atoms with Crippen LogP contribution in [0.3, 0.4) is 0 Å². The molecular weight excluding hydrogens is 370 g/mol. The average Bonchev–Trinajstić information content (AvgIpc) is 3.10. The quantitative estimate of drug-likeness (QED) is 0.579. The summed E-state index contributed by atoms with van der Waals surface area (Å²) in [6, 6.07) is 9.92. The summed E-state index contributed by atoms with van der Waals surface area (Å²) >= 11 is 1.57. The maximum atomic E-state index is 12.5. The molecule has 0 radical (unpaired) electrons. The van der Waals surface area contributed by atoms with Gasteiger partial charge in [-0.25, -0.2) is 4.98 Å². The van der Waals surface area contributed by atoms with Crippen LogP contribution in [-0.4, -0.2) is 29.4 Å². The van der Waals surface area contributed by atoms with Crippen molar-refractivity contribution < 1.29 is 4.79 Å². The third kappa shape index (κ3) is 4.77. The number of hydrogen-bond donors (Lipinski definition) is 2. The molecule has 0 saturated carbocycles. The predicted molar refractivity (Wildman–Crippen MR) is 112 cm³/mol. The molecule has 2 aromatic rings. The second kappa shape index (κ2) is 9.00. The van der Waals surface area contributed by atoms with E-state index in [9.17, 15) is 10.1 Å². The monoisotopic (exact) mass is 395 g/mol. The minimum absolute atomic E-state index is 0.0299. The number of rotatable bonds is 6. The van der Waals surface area contributed by atoms with Gasteiger partial charge in [0.25, 0.3) is 5.91 Å². The number of amides is 1. The molecule has 2 N–H and O–H groups in total. The Morgan fingerprint density at radius 1 is 1.43 bits per heavy atom. The number of nitrogens with zero attached hydrogens (tertiary/aromatic N) is 3. The van der Waals surface area contributed by atoms with E-state index < -0.39 is 5.91 Å². The molecule has 146 valence electrons. The van der Waals surface area contributed by atoms with Crippen molar-refractivity contribution in [1.29, 1.82) is 5.26 Å². The van der Waals surface area contributed by atoms with Gasteiger partial charge in [-0.2, -0.15) is 5.26 Å². The summed E-state index contributed by atoms with van der Waals surface area (Å²) in [5.74, 6) is -0.400. The van der Waals surface area contributed by atoms with Crippen molar-refractivity contribution in [2.24, 2.45) is 0 Å². The Morgan fingerprint density at radius 3 is 2.86 bits per heavy atom. The van der Waals surface area contributed by atoms with Gasteiger partial charge in [-0.1, -0.05) is 31.2 Å². The maximum Gasteiger partial charge on any atom is 0.263 e. The van der Waals surface area contributed by atoms with Gasteiger partial charge in [0.05, 0.1) is 11.7 Å². The lowest BCUT2D eigenvalue weighted by Crippen LogP contribution is -2.28. The zero-order chi connectivity index (χ0) is 20.1. The number of likely N-dealkylation sites (N-methyl/N-ethyl adjacent to an activating group) is 1. The summed E-state index contributed by atoms with van der Waals surface area (Å²) in [7, 11) is 2.09. The highest BCUT2D eigenvalue weighted by Gasteiger charge is 2.18. The molecule has 28 heavy (non-hydrogen) atoms. The molecule has 0 aliphatic carbocycles. The molecule has 0 bridgehead atoms. The first-order valence-corrected chi connectivity index (χ1v) is 10.3. The van der Waals surface area contributed by atoms with Crippen LogP contribution in [-0.2, 0) is 24.2 Å². The Hall–Kier alpha value is -2.69. The van der Waals surface area contributed by atoms with E-state index in [-0.39, 0.29) is 11.6 Å². The number of fused-ring (bicyclic) bond motifs is 1. The molecule has 3 rings (SSSR count). The van der Waals surface area contributed by atoms with E-state index in [4.69, 9.17) is 0 Å². The minimum atomic E-state index is -0.400. The zero-order valence-corrected chi connectivity index (χ0v) is 17.3. The van der Waals surface area contributed by atoms with Gasteiger partial charge in [0.15, 0.2) is 5.13 Å². The van der Waals surface area contributed by atoms with Crippen LogP contribution < -0.4 is 10.6 Å². The van der Waals surface area contributed by atoms with Crippen LogP contribution in [0.2, 0.25) is 0 Å². The van der Waals surface area contributed by atoms with Gasteiger partial charge in [0, 0.05) is 30.6 Å². The summed E-state index contributed by atoms with van der Waals surface area (Å²) in [6.07, 6.45) is 3.34. The van der Waals surface area contributed by atoms with Crippen molar-refractivity contribution in [1.82, 2.24) is 15.2 Å².